The summed E-state index contributed by atoms with van der Waals surface area (Å²) in [6, 6.07) is 10.2. The molecular weight excluding hydrogens is 369 g/mol. The summed E-state index contributed by atoms with van der Waals surface area (Å²) in [5.41, 5.74) is 2.68. The highest BCUT2D eigenvalue weighted by Gasteiger charge is 2.38. The molecule has 28 heavy (non-hydrogen) atoms. The van der Waals surface area contributed by atoms with Crippen molar-refractivity contribution in [1.82, 2.24) is 24.7 Å². The van der Waals surface area contributed by atoms with E-state index < -0.39 is 12.0 Å². The van der Waals surface area contributed by atoms with Gasteiger partial charge in [0, 0.05) is 18.2 Å². The van der Waals surface area contributed by atoms with Crippen molar-refractivity contribution in [3.05, 3.63) is 52.8 Å². The van der Waals surface area contributed by atoms with E-state index in [9.17, 15) is 13.2 Å². The second-order valence-electron chi connectivity index (χ2n) is 7.04. The molecule has 0 radical (unpaired) electrons. The standard InChI is InChI=1S/C19H23F3N6/c1-12-13(2)17-24-25-18(19(20,21)22)28(17)26-16(12)23-11-15(27(3)4)10-14-8-6-5-7-9-14/h5-9,15H,10-11H2,1-4H3,(H,23,26). The highest BCUT2D eigenvalue weighted by Crippen LogP contribution is 2.29. The Labute approximate surface area is 161 Å². The van der Waals surface area contributed by atoms with Crippen LogP contribution in [-0.4, -0.2) is 51.4 Å². The average Bonchev–Trinajstić information content (AvgIpc) is 3.07. The molecule has 1 aromatic carbocycles. The van der Waals surface area contributed by atoms with Gasteiger partial charge in [0.15, 0.2) is 5.65 Å². The van der Waals surface area contributed by atoms with Gasteiger partial charge in [0.2, 0.25) is 0 Å². The molecule has 0 bridgehead atoms. The second kappa shape index (κ2) is 7.75. The number of fused-ring (bicyclic) bond motifs is 1. The first-order valence-electron chi connectivity index (χ1n) is 8.92. The van der Waals surface area contributed by atoms with E-state index in [1.165, 1.54) is 5.56 Å². The first kappa shape index (κ1) is 20.1. The molecule has 0 saturated carbocycles. The molecule has 0 fully saturated rings. The Morgan fingerprint density at radius 2 is 1.75 bits per heavy atom. The van der Waals surface area contributed by atoms with Crippen LogP contribution in [0.5, 0.6) is 0 Å². The van der Waals surface area contributed by atoms with E-state index in [1.54, 1.807) is 6.92 Å². The third-order valence-corrected chi connectivity index (χ3v) is 4.90. The SMILES string of the molecule is Cc1c(NCC(Cc2ccccc2)N(C)C)nn2c(C(F)(F)F)nnc2c1C. The molecule has 3 aromatic rings. The van der Waals surface area contributed by atoms with Crippen molar-refractivity contribution in [1.29, 1.82) is 0 Å². The van der Waals surface area contributed by atoms with Crippen LogP contribution in [0.15, 0.2) is 30.3 Å². The van der Waals surface area contributed by atoms with E-state index in [2.05, 4.69) is 37.6 Å². The van der Waals surface area contributed by atoms with Crippen molar-refractivity contribution in [2.75, 3.05) is 26.0 Å². The summed E-state index contributed by atoms with van der Waals surface area (Å²) >= 11 is 0. The van der Waals surface area contributed by atoms with Crippen molar-refractivity contribution in [2.24, 2.45) is 0 Å². The van der Waals surface area contributed by atoms with E-state index in [1.807, 2.05) is 39.2 Å². The van der Waals surface area contributed by atoms with Crippen LogP contribution in [0.3, 0.4) is 0 Å². The molecule has 0 aliphatic heterocycles. The Hall–Kier alpha value is -2.68. The lowest BCUT2D eigenvalue weighted by molar-refractivity contribution is -0.146. The molecule has 6 nitrogen and oxygen atoms in total. The first-order chi connectivity index (χ1) is 13.2. The summed E-state index contributed by atoms with van der Waals surface area (Å²) in [7, 11) is 3.96. The van der Waals surface area contributed by atoms with E-state index in [0.717, 1.165) is 16.5 Å². The van der Waals surface area contributed by atoms with Crippen molar-refractivity contribution in [3.8, 4) is 0 Å². The average molecular weight is 392 g/mol. The molecule has 2 aromatic heterocycles. The number of hydrogen-bond donors (Lipinski definition) is 1. The Kier molecular flexibility index (Phi) is 5.55. The lowest BCUT2D eigenvalue weighted by Crippen LogP contribution is -2.36. The third kappa shape index (κ3) is 4.09. The summed E-state index contributed by atoms with van der Waals surface area (Å²) in [6.45, 7) is 4.07. The number of anilines is 1. The Balaban J connectivity index is 1.87. The molecular formula is C19H23F3N6. The number of nitrogens with zero attached hydrogens (tertiary/aromatic N) is 5. The Bertz CT molecular complexity index is 950. The maximum Gasteiger partial charge on any atom is 0.453 e. The van der Waals surface area contributed by atoms with Crippen LogP contribution in [0.25, 0.3) is 5.65 Å². The molecule has 1 atom stereocenters. The number of aromatic nitrogens is 4. The van der Waals surface area contributed by atoms with E-state index in [0.29, 0.717) is 17.9 Å². The number of benzene rings is 1. The zero-order valence-corrected chi connectivity index (χ0v) is 16.2. The Morgan fingerprint density at radius 3 is 2.36 bits per heavy atom. The van der Waals surface area contributed by atoms with Crippen LogP contribution in [0, 0.1) is 13.8 Å². The molecule has 1 N–H and O–H groups in total. The molecule has 0 aliphatic rings. The van der Waals surface area contributed by atoms with Gasteiger partial charge in [-0.15, -0.1) is 15.3 Å². The fraction of sp³-hybridized carbons (Fsp3) is 0.421. The lowest BCUT2D eigenvalue weighted by Gasteiger charge is -2.25. The quantitative estimate of drug-likeness (QED) is 0.697. The van der Waals surface area contributed by atoms with Crippen molar-refractivity contribution in [3.63, 3.8) is 0 Å². The van der Waals surface area contributed by atoms with Gasteiger partial charge in [0.25, 0.3) is 5.82 Å². The van der Waals surface area contributed by atoms with Crippen LogP contribution in [0.4, 0.5) is 19.0 Å². The molecule has 0 spiro atoms. The van der Waals surface area contributed by atoms with Gasteiger partial charge in [-0.1, -0.05) is 30.3 Å². The van der Waals surface area contributed by atoms with Crippen LogP contribution in [-0.2, 0) is 12.6 Å². The number of halogens is 3. The second-order valence-corrected chi connectivity index (χ2v) is 7.04. The predicted molar refractivity (Wildman–Crippen MR) is 101 cm³/mol. The highest BCUT2D eigenvalue weighted by molar-refractivity contribution is 5.58. The summed E-state index contributed by atoms with van der Waals surface area (Å²) < 4.78 is 40.3. The maximum atomic E-state index is 13.2. The van der Waals surface area contributed by atoms with Crippen molar-refractivity contribution in [2.45, 2.75) is 32.5 Å². The largest absolute Gasteiger partial charge is 0.453 e. The maximum absolute atomic E-state index is 13.2. The highest BCUT2D eigenvalue weighted by atomic mass is 19.4. The number of alkyl halides is 3. The van der Waals surface area contributed by atoms with Gasteiger partial charge in [-0.05, 0) is 45.5 Å². The smallest absolute Gasteiger partial charge is 0.367 e. The molecule has 2 heterocycles. The molecule has 150 valence electrons. The normalized spacial score (nSPS) is 13.3. The molecule has 3 rings (SSSR count). The number of likely N-dealkylation sites (N-methyl/N-ethyl adjacent to an activating group) is 1. The fourth-order valence-corrected chi connectivity index (χ4v) is 3.01. The molecule has 0 saturated heterocycles. The summed E-state index contributed by atoms with van der Waals surface area (Å²) in [5, 5.41) is 14.3. The van der Waals surface area contributed by atoms with Gasteiger partial charge >= 0.3 is 6.18 Å². The molecule has 1 unspecified atom stereocenters. The summed E-state index contributed by atoms with van der Waals surface area (Å²) in [4.78, 5) is 2.08. The van der Waals surface area contributed by atoms with Crippen molar-refractivity contribution < 1.29 is 13.2 Å². The molecule has 0 aliphatic carbocycles. The minimum atomic E-state index is -4.62. The zero-order chi connectivity index (χ0) is 20.5. The van der Waals surface area contributed by atoms with Crippen LogP contribution < -0.4 is 5.32 Å². The van der Waals surface area contributed by atoms with Crippen LogP contribution in [0.2, 0.25) is 0 Å². The lowest BCUT2D eigenvalue weighted by atomic mass is 10.1. The van der Waals surface area contributed by atoms with Gasteiger partial charge in [0.1, 0.15) is 5.82 Å². The fourth-order valence-electron chi connectivity index (χ4n) is 3.01. The van der Waals surface area contributed by atoms with E-state index in [4.69, 9.17) is 0 Å². The Morgan fingerprint density at radius 1 is 1.07 bits per heavy atom. The number of aryl methyl sites for hydroxylation is 1. The van der Waals surface area contributed by atoms with Crippen LogP contribution in [0.1, 0.15) is 22.5 Å². The van der Waals surface area contributed by atoms with Gasteiger partial charge < -0.3 is 10.2 Å². The predicted octanol–water partition coefficient (Wildman–Crippen LogP) is 3.34. The first-order valence-corrected chi connectivity index (χ1v) is 8.92. The van der Waals surface area contributed by atoms with Gasteiger partial charge in [-0.25, -0.2) is 0 Å². The van der Waals surface area contributed by atoms with Gasteiger partial charge in [0.05, 0.1) is 0 Å². The third-order valence-electron chi connectivity index (χ3n) is 4.90. The number of rotatable bonds is 6. The van der Waals surface area contributed by atoms with Crippen LogP contribution >= 0.6 is 0 Å². The molecule has 0 amide bonds. The number of hydrogen-bond acceptors (Lipinski definition) is 5. The summed E-state index contributed by atoms with van der Waals surface area (Å²) in [5.74, 6) is -0.725. The minimum absolute atomic E-state index is 0.115. The van der Waals surface area contributed by atoms with Gasteiger partial charge in [-0.3, -0.25) is 0 Å². The molecule has 9 heteroatoms. The van der Waals surface area contributed by atoms with E-state index in [-0.39, 0.29) is 11.7 Å². The van der Waals surface area contributed by atoms with Gasteiger partial charge in [-0.2, -0.15) is 17.7 Å². The summed E-state index contributed by atoms with van der Waals surface area (Å²) in [6.07, 6.45) is -3.81. The minimum Gasteiger partial charge on any atom is -0.367 e. The monoisotopic (exact) mass is 392 g/mol. The number of nitrogens with one attached hydrogen (secondary N) is 1. The van der Waals surface area contributed by atoms with E-state index >= 15 is 0 Å². The van der Waals surface area contributed by atoms with Crippen molar-refractivity contribution >= 4 is 11.5 Å². The zero-order valence-electron chi connectivity index (χ0n) is 16.2. The topological polar surface area (TPSA) is 58.4 Å².